The summed E-state index contributed by atoms with van der Waals surface area (Å²) < 4.78 is 17.3. The smallest absolute Gasteiger partial charge is 0.278 e. The predicted octanol–water partition coefficient (Wildman–Crippen LogP) is 1.19. The van der Waals surface area contributed by atoms with Crippen molar-refractivity contribution in [2.24, 2.45) is 0 Å². The number of aromatic nitrogens is 7. The minimum Gasteiger partial charge on any atom is -0.320 e. The molecular formula is C17H20FN9O. The van der Waals surface area contributed by atoms with Gasteiger partial charge in [-0.1, -0.05) is 5.21 Å². The molecule has 10 nitrogen and oxygen atoms in total. The van der Waals surface area contributed by atoms with Crippen LogP contribution in [0.2, 0.25) is 0 Å². The van der Waals surface area contributed by atoms with Crippen molar-refractivity contribution in [1.29, 1.82) is 0 Å². The van der Waals surface area contributed by atoms with E-state index in [9.17, 15) is 9.18 Å². The van der Waals surface area contributed by atoms with E-state index >= 15 is 0 Å². The van der Waals surface area contributed by atoms with Gasteiger partial charge in [0.05, 0.1) is 11.7 Å². The van der Waals surface area contributed by atoms with Crippen molar-refractivity contribution in [1.82, 2.24) is 40.5 Å². The molecule has 0 aliphatic carbocycles. The maximum Gasteiger partial charge on any atom is 0.278 e. The molecule has 0 radical (unpaired) electrons. The van der Waals surface area contributed by atoms with Crippen molar-refractivity contribution in [3.8, 4) is 5.69 Å². The van der Waals surface area contributed by atoms with Crippen LogP contribution in [-0.2, 0) is 0 Å². The number of carbonyl (C=O) groups excluding carboxylic acids is 1. The first-order chi connectivity index (χ1) is 13.5. The van der Waals surface area contributed by atoms with Gasteiger partial charge in [0.25, 0.3) is 5.91 Å². The summed E-state index contributed by atoms with van der Waals surface area (Å²) in [5.74, 6) is -0.465. The number of aryl methyl sites for hydroxylation is 1. The van der Waals surface area contributed by atoms with Gasteiger partial charge in [-0.2, -0.15) is 4.68 Å². The van der Waals surface area contributed by atoms with Crippen molar-refractivity contribution in [3.63, 3.8) is 0 Å². The zero-order valence-corrected chi connectivity index (χ0v) is 15.6. The molecule has 0 atom stereocenters. The molecule has 0 unspecified atom stereocenters. The molecule has 3 heterocycles. The highest BCUT2D eigenvalue weighted by Gasteiger charge is 2.23. The Balaban J connectivity index is 1.56. The Hall–Kier alpha value is -3.21. The molecule has 1 saturated heterocycles. The lowest BCUT2D eigenvalue weighted by Gasteiger charge is -2.23. The van der Waals surface area contributed by atoms with Crippen LogP contribution in [0.4, 0.5) is 10.1 Å². The number of halogens is 1. The highest BCUT2D eigenvalue weighted by molar-refractivity contribution is 6.03. The minimum absolute atomic E-state index is 0.149. The Bertz CT molecular complexity index is 1010. The van der Waals surface area contributed by atoms with Gasteiger partial charge in [-0.05, 0) is 68.4 Å². The Morgan fingerprint density at radius 2 is 2.00 bits per heavy atom. The molecule has 3 aromatic rings. The van der Waals surface area contributed by atoms with Crippen LogP contribution in [0, 0.1) is 19.7 Å². The Morgan fingerprint density at radius 3 is 2.71 bits per heavy atom. The molecule has 0 spiro atoms. The first-order valence-corrected chi connectivity index (χ1v) is 9.03. The summed E-state index contributed by atoms with van der Waals surface area (Å²) in [4.78, 5) is 12.7. The average molecular weight is 385 g/mol. The van der Waals surface area contributed by atoms with E-state index in [0.29, 0.717) is 17.2 Å². The molecule has 1 aromatic carbocycles. The van der Waals surface area contributed by atoms with E-state index in [1.54, 1.807) is 6.92 Å². The third-order valence-electron chi connectivity index (χ3n) is 4.85. The fourth-order valence-electron chi connectivity index (χ4n) is 3.35. The number of carbonyl (C=O) groups is 1. The van der Waals surface area contributed by atoms with Crippen molar-refractivity contribution < 1.29 is 9.18 Å². The van der Waals surface area contributed by atoms with Crippen LogP contribution in [0.5, 0.6) is 0 Å². The third kappa shape index (κ3) is 3.36. The Morgan fingerprint density at radius 1 is 1.21 bits per heavy atom. The van der Waals surface area contributed by atoms with Gasteiger partial charge in [0.15, 0.2) is 11.5 Å². The highest BCUT2D eigenvalue weighted by atomic mass is 19.1. The fraction of sp³-hybridized carbons (Fsp3) is 0.412. The van der Waals surface area contributed by atoms with Gasteiger partial charge in [0.2, 0.25) is 0 Å². The summed E-state index contributed by atoms with van der Waals surface area (Å²) in [7, 11) is 0. The van der Waals surface area contributed by atoms with Crippen LogP contribution < -0.4 is 10.6 Å². The number of hydrogen-bond donors (Lipinski definition) is 2. The van der Waals surface area contributed by atoms with Crippen LogP contribution in [0.1, 0.15) is 40.9 Å². The van der Waals surface area contributed by atoms with Gasteiger partial charge in [0, 0.05) is 5.69 Å². The van der Waals surface area contributed by atoms with E-state index in [1.165, 1.54) is 22.9 Å². The summed E-state index contributed by atoms with van der Waals surface area (Å²) in [6.45, 7) is 5.32. The first-order valence-electron chi connectivity index (χ1n) is 9.03. The molecule has 1 aliphatic rings. The van der Waals surface area contributed by atoms with Crippen molar-refractivity contribution in [3.05, 3.63) is 41.2 Å². The van der Waals surface area contributed by atoms with Crippen molar-refractivity contribution in [2.75, 3.05) is 18.4 Å². The number of anilines is 1. The second kappa shape index (κ2) is 7.43. The van der Waals surface area contributed by atoms with E-state index in [-0.39, 0.29) is 17.4 Å². The lowest BCUT2D eigenvalue weighted by Crippen LogP contribution is -2.30. The predicted molar refractivity (Wildman–Crippen MR) is 97.7 cm³/mol. The maximum absolute atomic E-state index is 14.2. The molecular weight excluding hydrogens is 365 g/mol. The number of rotatable bonds is 4. The molecule has 0 bridgehead atoms. The van der Waals surface area contributed by atoms with E-state index in [4.69, 9.17) is 0 Å². The topological polar surface area (TPSA) is 115 Å². The highest BCUT2D eigenvalue weighted by Crippen LogP contribution is 2.22. The van der Waals surface area contributed by atoms with Gasteiger partial charge < -0.3 is 10.6 Å². The zero-order valence-electron chi connectivity index (χ0n) is 15.6. The van der Waals surface area contributed by atoms with Crippen LogP contribution in [0.3, 0.4) is 0 Å². The van der Waals surface area contributed by atoms with Gasteiger partial charge >= 0.3 is 0 Å². The molecule has 11 heteroatoms. The molecule has 1 fully saturated rings. The molecule has 2 N–H and O–H groups in total. The van der Waals surface area contributed by atoms with Crippen molar-refractivity contribution in [2.45, 2.75) is 32.7 Å². The van der Waals surface area contributed by atoms with E-state index < -0.39 is 11.7 Å². The first kappa shape index (κ1) is 18.2. The fourth-order valence-corrected chi connectivity index (χ4v) is 3.35. The number of nitrogens with zero attached hydrogens (tertiary/aromatic N) is 7. The van der Waals surface area contributed by atoms with E-state index in [0.717, 1.165) is 25.9 Å². The number of tetrazole rings is 1. The second-order valence-corrected chi connectivity index (χ2v) is 6.71. The quantitative estimate of drug-likeness (QED) is 0.693. The number of nitrogens with one attached hydrogen (secondary N) is 2. The lowest BCUT2D eigenvalue weighted by molar-refractivity contribution is 0.102. The molecule has 0 saturated carbocycles. The number of hydrogen-bond acceptors (Lipinski definition) is 7. The summed E-state index contributed by atoms with van der Waals surface area (Å²) in [5, 5.41) is 25.3. The Kier molecular flexibility index (Phi) is 4.82. The monoisotopic (exact) mass is 385 g/mol. The van der Waals surface area contributed by atoms with E-state index in [1.807, 2.05) is 11.6 Å². The summed E-state index contributed by atoms with van der Waals surface area (Å²) in [6, 6.07) is 4.44. The standard InChI is InChI=1S/C17H20FN9O/c1-10-16(22-24-26(10)13-5-7-19-8-6-13)17(28)20-12-3-4-14(18)15(9-12)27-11(2)21-23-25-27/h3-4,9,13,19H,5-8H2,1-2H3,(H,20,28). The summed E-state index contributed by atoms with van der Waals surface area (Å²) in [5.41, 5.74) is 1.52. The number of amides is 1. The van der Waals surface area contributed by atoms with Gasteiger partial charge in [-0.15, -0.1) is 10.2 Å². The maximum atomic E-state index is 14.2. The molecule has 4 rings (SSSR count). The largest absolute Gasteiger partial charge is 0.320 e. The van der Waals surface area contributed by atoms with Crippen LogP contribution in [0.15, 0.2) is 18.2 Å². The Labute approximate surface area is 160 Å². The lowest BCUT2D eigenvalue weighted by atomic mass is 10.1. The second-order valence-electron chi connectivity index (χ2n) is 6.71. The van der Waals surface area contributed by atoms with Crippen LogP contribution in [-0.4, -0.2) is 54.2 Å². The molecule has 1 aliphatic heterocycles. The normalized spacial score (nSPS) is 15.0. The van der Waals surface area contributed by atoms with Gasteiger partial charge in [-0.3, -0.25) is 4.79 Å². The SMILES string of the molecule is Cc1nnnn1-c1cc(NC(=O)c2nnn(C3CCNCC3)c2C)ccc1F. The summed E-state index contributed by atoms with van der Waals surface area (Å²) in [6.07, 6.45) is 1.88. The van der Waals surface area contributed by atoms with Crippen molar-refractivity contribution >= 4 is 11.6 Å². The molecule has 28 heavy (non-hydrogen) atoms. The molecule has 146 valence electrons. The van der Waals surface area contributed by atoms with Crippen LogP contribution >= 0.6 is 0 Å². The van der Waals surface area contributed by atoms with Gasteiger partial charge in [-0.25, -0.2) is 9.07 Å². The summed E-state index contributed by atoms with van der Waals surface area (Å²) >= 11 is 0. The number of piperidine rings is 1. The number of benzene rings is 1. The van der Waals surface area contributed by atoms with Crippen LogP contribution in [0.25, 0.3) is 5.69 Å². The van der Waals surface area contributed by atoms with Gasteiger partial charge in [0.1, 0.15) is 11.5 Å². The minimum atomic E-state index is -0.499. The third-order valence-corrected chi connectivity index (χ3v) is 4.85. The average Bonchev–Trinajstić information content (AvgIpc) is 3.29. The zero-order chi connectivity index (χ0) is 19.7. The van der Waals surface area contributed by atoms with E-state index in [2.05, 4.69) is 36.5 Å². The molecule has 1 amide bonds. The molecule has 2 aromatic heterocycles.